The maximum absolute atomic E-state index is 13.7. The Morgan fingerprint density at radius 2 is 1.41 bits per heavy atom. The molecule has 0 fully saturated rings. The smallest absolute Gasteiger partial charge is 0.410 e. The third-order valence-corrected chi connectivity index (χ3v) is 7.99. The quantitative estimate of drug-likeness (QED) is 0.358. The molecule has 3 aromatic carbocycles. The number of rotatable bonds is 11. The number of thioether (sulfide) groups is 1. The topological polar surface area (TPSA) is 87.2 Å². The number of amides is 2. The van der Waals surface area contributed by atoms with Crippen molar-refractivity contribution in [2.75, 3.05) is 32.7 Å². The fourth-order valence-corrected chi connectivity index (χ4v) is 5.61. The Balaban J connectivity index is 1.54. The molecule has 1 aliphatic carbocycles. The largest absolute Gasteiger partial charge is 0.480 e. The molecule has 0 bridgehead atoms. The summed E-state index contributed by atoms with van der Waals surface area (Å²) < 4.78 is 5.82. The Labute approximate surface area is 233 Å². The Kier molecular flexibility index (Phi) is 9.30. The van der Waals surface area contributed by atoms with Crippen LogP contribution in [0.4, 0.5) is 4.79 Å². The van der Waals surface area contributed by atoms with Crippen LogP contribution in [0.15, 0.2) is 78.9 Å². The van der Waals surface area contributed by atoms with E-state index in [0.717, 1.165) is 27.8 Å². The molecule has 0 saturated heterocycles. The number of ether oxygens (including phenoxy) is 1. The molecule has 3 aromatic rings. The number of nitrogens with zero attached hydrogens (tertiary/aromatic N) is 2. The Bertz CT molecular complexity index is 1270. The molecule has 0 aromatic heterocycles. The number of carboxylic acid groups (broad SMARTS) is 1. The van der Waals surface area contributed by atoms with E-state index in [1.807, 2.05) is 60.9 Å². The first kappa shape index (κ1) is 28.2. The molecule has 4 rings (SSSR count). The number of carboxylic acids is 1. The van der Waals surface area contributed by atoms with Gasteiger partial charge in [0, 0.05) is 26.4 Å². The van der Waals surface area contributed by atoms with Gasteiger partial charge in [-0.25, -0.2) is 9.59 Å². The van der Waals surface area contributed by atoms with E-state index in [1.165, 1.54) is 35.7 Å². The predicted molar refractivity (Wildman–Crippen MR) is 154 cm³/mol. The molecule has 2 amide bonds. The summed E-state index contributed by atoms with van der Waals surface area (Å²) in [6.45, 7) is 0.130. The van der Waals surface area contributed by atoms with Crippen LogP contribution in [0.1, 0.15) is 29.0 Å². The zero-order valence-electron chi connectivity index (χ0n) is 22.4. The molecular weight excluding hydrogens is 512 g/mol. The maximum atomic E-state index is 13.7. The van der Waals surface area contributed by atoms with Gasteiger partial charge >= 0.3 is 12.1 Å². The van der Waals surface area contributed by atoms with Crippen molar-refractivity contribution in [1.82, 2.24) is 9.80 Å². The van der Waals surface area contributed by atoms with Crippen LogP contribution in [0.2, 0.25) is 0 Å². The summed E-state index contributed by atoms with van der Waals surface area (Å²) in [5.41, 5.74) is 5.32. The summed E-state index contributed by atoms with van der Waals surface area (Å²) in [4.78, 5) is 41.6. The first-order chi connectivity index (χ1) is 18.8. The second-order valence-electron chi connectivity index (χ2n) is 9.71. The molecular formula is C31H34N2O5S. The van der Waals surface area contributed by atoms with Crippen molar-refractivity contribution in [1.29, 1.82) is 0 Å². The molecule has 0 unspecified atom stereocenters. The summed E-state index contributed by atoms with van der Waals surface area (Å²) in [6.07, 6.45) is 1.81. The van der Waals surface area contributed by atoms with Crippen LogP contribution >= 0.6 is 11.8 Å². The summed E-state index contributed by atoms with van der Waals surface area (Å²) in [5.74, 6) is -1.02. The van der Waals surface area contributed by atoms with Crippen molar-refractivity contribution < 1.29 is 24.2 Å². The number of hydrogen-bond donors (Lipinski definition) is 1. The molecule has 7 nitrogen and oxygen atoms in total. The maximum Gasteiger partial charge on any atom is 0.410 e. The zero-order valence-corrected chi connectivity index (χ0v) is 23.3. The minimum absolute atomic E-state index is 0.108. The van der Waals surface area contributed by atoms with Crippen LogP contribution in [0.25, 0.3) is 11.1 Å². The summed E-state index contributed by atoms with van der Waals surface area (Å²) >= 11 is 1.52. The van der Waals surface area contributed by atoms with Gasteiger partial charge in [0.25, 0.3) is 0 Å². The van der Waals surface area contributed by atoms with Gasteiger partial charge < -0.3 is 14.7 Å². The minimum atomic E-state index is -1.07. The fraction of sp³-hybridized carbons (Fsp3) is 0.323. The SMILES string of the molecule is CSCC[C@@H](C(=O)O)N(C)C(=O)[C@H](Cc1ccccc1)N(C)C(=O)OCC1c2ccccc2-c2ccccc21. The van der Waals surface area contributed by atoms with Crippen molar-refractivity contribution in [2.24, 2.45) is 0 Å². The molecule has 2 atom stereocenters. The van der Waals surface area contributed by atoms with Gasteiger partial charge in [-0.05, 0) is 46.2 Å². The Hall–Kier alpha value is -3.78. The van der Waals surface area contributed by atoms with E-state index in [4.69, 9.17) is 4.74 Å². The third-order valence-electron chi connectivity index (χ3n) is 7.34. The van der Waals surface area contributed by atoms with E-state index in [9.17, 15) is 19.5 Å². The number of aliphatic carboxylic acids is 1. The zero-order chi connectivity index (χ0) is 27.9. The van der Waals surface area contributed by atoms with Crippen molar-refractivity contribution in [3.05, 3.63) is 95.6 Å². The van der Waals surface area contributed by atoms with Crippen LogP contribution in [0.3, 0.4) is 0 Å². The number of carbonyl (C=O) groups excluding carboxylic acids is 2. The highest BCUT2D eigenvalue weighted by molar-refractivity contribution is 7.98. The fourth-order valence-electron chi connectivity index (χ4n) is 5.15. The van der Waals surface area contributed by atoms with Gasteiger partial charge in [0.2, 0.25) is 5.91 Å². The van der Waals surface area contributed by atoms with E-state index < -0.39 is 30.1 Å². The third kappa shape index (κ3) is 6.28. The lowest BCUT2D eigenvalue weighted by molar-refractivity contribution is -0.150. The lowest BCUT2D eigenvalue weighted by Crippen LogP contribution is -2.54. The normalized spacial score (nSPS) is 13.6. The van der Waals surface area contributed by atoms with E-state index in [-0.39, 0.29) is 18.9 Å². The van der Waals surface area contributed by atoms with Crippen molar-refractivity contribution in [3.63, 3.8) is 0 Å². The van der Waals surface area contributed by atoms with E-state index in [0.29, 0.717) is 12.2 Å². The molecule has 8 heteroatoms. The summed E-state index contributed by atoms with van der Waals surface area (Å²) in [7, 11) is 3.03. The Morgan fingerprint density at radius 1 is 0.846 bits per heavy atom. The highest BCUT2D eigenvalue weighted by Gasteiger charge is 2.36. The lowest BCUT2D eigenvalue weighted by atomic mass is 9.98. The van der Waals surface area contributed by atoms with Crippen LogP contribution in [0, 0.1) is 0 Å². The van der Waals surface area contributed by atoms with Gasteiger partial charge in [-0.15, -0.1) is 0 Å². The monoisotopic (exact) mass is 546 g/mol. The first-order valence-corrected chi connectivity index (χ1v) is 14.3. The second-order valence-corrected chi connectivity index (χ2v) is 10.7. The van der Waals surface area contributed by atoms with Gasteiger partial charge in [0.1, 0.15) is 18.7 Å². The average Bonchev–Trinajstić information content (AvgIpc) is 3.28. The molecule has 204 valence electrons. The second kappa shape index (κ2) is 12.8. The van der Waals surface area contributed by atoms with E-state index in [2.05, 4.69) is 24.3 Å². The van der Waals surface area contributed by atoms with E-state index >= 15 is 0 Å². The van der Waals surface area contributed by atoms with Crippen LogP contribution < -0.4 is 0 Å². The van der Waals surface area contributed by atoms with Crippen molar-refractivity contribution in [3.8, 4) is 11.1 Å². The standard InChI is InChI=1S/C31H34N2O5S/c1-32(27(30(35)36)17-18-39-3)29(34)28(19-21-11-5-4-6-12-21)33(2)31(37)38-20-26-24-15-9-7-13-22(24)23-14-8-10-16-25(23)26/h4-16,26-28H,17-20H2,1-3H3,(H,35,36)/t27-,28-/m0/s1. The molecule has 0 aliphatic heterocycles. The van der Waals surface area contributed by atoms with Gasteiger partial charge in [-0.2, -0.15) is 11.8 Å². The molecule has 0 radical (unpaired) electrons. The first-order valence-electron chi connectivity index (χ1n) is 12.9. The highest BCUT2D eigenvalue weighted by atomic mass is 32.2. The van der Waals surface area contributed by atoms with E-state index in [1.54, 1.807) is 0 Å². The number of hydrogen-bond acceptors (Lipinski definition) is 5. The number of likely N-dealkylation sites (N-methyl/N-ethyl adjacent to an activating group) is 2. The predicted octanol–water partition coefficient (Wildman–Crippen LogP) is 5.14. The molecule has 0 heterocycles. The van der Waals surface area contributed by atoms with Crippen molar-refractivity contribution >= 4 is 29.7 Å². The molecule has 0 spiro atoms. The summed E-state index contributed by atoms with van der Waals surface area (Å²) in [5, 5.41) is 9.80. The van der Waals surface area contributed by atoms with Gasteiger partial charge in [-0.1, -0.05) is 78.9 Å². The Morgan fingerprint density at radius 3 is 1.97 bits per heavy atom. The molecule has 1 N–H and O–H groups in total. The number of benzene rings is 3. The van der Waals surface area contributed by atoms with Gasteiger partial charge in [0.05, 0.1) is 0 Å². The summed E-state index contributed by atoms with van der Waals surface area (Å²) in [6, 6.07) is 23.7. The van der Waals surface area contributed by atoms with Crippen LogP contribution in [-0.2, 0) is 20.7 Å². The molecule has 1 aliphatic rings. The minimum Gasteiger partial charge on any atom is -0.480 e. The number of carbonyl (C=O) groups is 3. The van der Waals surface area contributed by atoms with Crippen LogP contribution in [-0.4, -0.2) is 77.7 Å². The van der Waals surface area contributed by atoms with Gasteiger partial charge in [-0.3, -0.25) is 9.69 Å². The van der Waals surface area contributed by atoms with Crippen molar-refractivity contribution in [2.45, 2.75) is 30.8 Å². The molecule has 0 saturated carbocycles. The highest BCUT2D eigenvalue weighted by Crippen LogP contribution is 2.44. The number of fused-ring (bicyclic) bond motifs is 3. The van der Waals surface area contributed by atoms with Gasteiger partial charge in [0.15, 0.2) is 0 Å². The lowest BCUT2D eigenvalue weighted by Gasteiger charge is -2.33. The molecule has 39 heavy (non-hydrogen) atoms. The average molecular weight is 547 g/mol. The van der Waals surface area contributed by atoms with Crippen LogP contribution in [0.5, 0.6) is 0 Å².